The minimum atomic E-state index is 0.0511. The van der Waals surface area contributed by atoms with E-state index in [2.05, 4.69) is 15.9 Å². The van der Waals surface area contributed by atoms with Gasteiger partial charge in [-0.15, -0.1) is 0 Å². The molecule has 0 saturated heterocycles. The van der Waals surface area contributed by atoms with Gasteiger partial charge in [-0.3, -0.25) is 4.79 Å². The summed E-state index contributed by atoms with van der Waals surface area (Å²) in [6, 6.07) is 17.7. The van der Waals surface area contributed by atoms with Gasteiger partial charge in [-0.05, 0) is 41.6 Å². The van der Waals surface area contributed by atoms with E-state index in [0.717, 1.165) is 32.7 Å². The van der Waals surface area contributed by atoms with Crippen LogP contribution in [0, 0.1) is 0 Å². The SMILES string of the molecule is O=C(Cc1ccccc1)SC(=S)n1ccc2cc(Br)ccc21. The summed E-state index contributed by atoms with van der Waals surface area (Å²) in [5.41, 5.74) is 2.01. The number of benzene rings is 2. The standard InChI is InChI=1S/C17H12BrNOS2/c18-14-6-7-15-13(11-14)8-9-19(15)17(21)22-16(20)10-12-4-2-1-3-5-12/h1-9,11H,10H2. The molecule has 22 heavy (non-hydrogen) atoms. The summed E-state index contributed by atoms with van der Waals surface area (Å²) in [6.07, 6.45) is 2.29. The van der Waals surface area contributed by atoms with Gasteiger partial charge in [0.1, 0.15) is 0 Å². The number of hydrogen-bond acceptors (Lipinski definition) is 3. The van der Waals surface area contributed by atoms with E-state index >= 15 is 0 Å². The van der Waals surface area contributed by atoms with E-state index in [0.29, 0.717) is 10.7 Å². The van der Waals surface area contributed by atoms with Gasteiger partial charge in [0.15, 0.2) is 9.44 Å². The summed E-state index contributed by atoms with van der Waals surface area (Å²) < 4.78 is 3.46. The number of thiocarbonyl (C=S) groups is 1. The molecular weight excluding hydrogens is 378 g/mol. The van der Waals surface area contributed by atoms with Gasteiger partial charge in [-0.2, -0.15) is 0 Å². The molecule has 0 bridgehead atoms. The quantitative estimate of drug-likeness (QED) is 0.573. The number of thioether (sulfide) groups is 1. The first-order chi connectivity index (χ1) is 10.6. The van der Waals surface area contributed by atoms with Gasteiger partial charge in [-0.1, -0.05) is 58.5 Å². The Balaban J connectivity index is 1.74. The van der Waals surface area contributed by atoms with Gasteiger partial charge in [0, 0.05) is 22.5 Å². The number of nitrogens with zero attached hydrogens (tertiary/aromatic N) is 1. The molecule has 0 N–H and O–H groups in total. The van der Waals surface area contributed by atoms with Gasteiger partial charge in [0.05, 0.1) is 5.52 Å². The van der Waals surface area contributed by atoms with Gasteiger partial charge >= 0.3 is 0 Å². The lowest BCUT2D eigenvalue weighted by Crippen LogP contribution is -2.08. The zero-order valence-corrected chi connectivity index (χ0v) is 14.7. The van der Waals surface area contributed by atoms with Gasteiger partial charge in [-0.25, -0.2) is 0 Å². The highest BCUT2D eigenvalue weighted by Crippen LogP contribution is 2.23. The van der Waals surface area contributed by atoms with Crippen molar-refractivity contribution >= 4 is 60.2 Å². The second kappa shape index (κ2) is 6.77. The Morgan fingerprint density at radius 2 is 1.91 bits per heavy atom. The van der Waals surface area contributed by atoms with Gasteiger partial charge in [0.25, 0.3) is 0 Å². The van der Waals surface area contributed by atoms with Crippen LogP contribution >= 0.6 is 39.9 Å². The van der Waals surface area contributed by atoms with Crippen molar-refractivity contribution in [2.75, 3.05) is 0 Å². The number of hydrogen-bond donors (Lipinski definition) is 0. The normalized spacial score (nSPS) is 10.8. The summed E-state index contributed by atoms with van der Waals surface area (Å²) in [4.78, 5) is 12.2. The van der Waals surface area contributed by atoms with Crippen molar-refractivity contribution < 1.29 is 4.79 Å². The van der Waals surface area contributed by atoms with E-state index in [9.17, 15) is 4.79 Å². The summed E-state index contributed by atoms with van der Waals surface area (Å²) >= 11 is 9.99. The third-order valence-electron chi connectivity index (χ3n) is 3.24. The number of carbonyl (C=O) groups is 1. The van der Waals surface area contributed by atoms with Crippen molar-refractivity contribution in [2.24, 2.45) is 0 Å². The molecule has 0 saturated carbocycles. The maximum Gasteiger partial charge on any atom is 0.200 e. The number of fused-ring (bicyclic) bond motifs is 1. The molecule has 0 fully saturated rings. The lowest BCUT2D eigenvalue weighted by Gasteiger charge is -2.06. The zero-order valence-electron chi connectivity index (χ0n) is 11.5. The first kappa shape index (κ1) is 15.5. The summed E-state index contributed by atoms with van der Waals surface area (Å²) in [5, 5.41) is 1.14. The topological polar surface area (TPSA) is 22.0 Å². The Bertz CT molecular complexity index is 842. The maximum absolute atomic E-state index is 12.2. The molecule has 0 aliphatic heterocycles. The molecule has 3 rings (SSSR count). The van der Waals surface area contributed by atoms with E-state index in [1.165, 1.54) is 0 Å². The highest BCUT2D eigenvalue weighted by molar-refractivity contribution is 9.10. The van der Waals surface area contributed by atoms with E-state index < -0.39 is 0 Å². The van der Waals surface area contributed by atoms with Gasteiger partial charge < -0.3 is 4.57 Å². The maximum atomic E-state index is 12.2. The molecule has 0 atom stereocenters. The molecule has 0 radical (unpaired) electrons. The van der Waals surface area contributed by atoms with Crippen molar-refractivity contribution in [3.05, 3.63) is 70.8 Å². The lowest BCUT2D eigenvalue weighted by molar-refractivity contribution is -0.110. The second-order valence-corrected chi connectivity index (χ2v) is 7.40. The molecule has 0 amide bonds. The van der Waals surface area contributed by atoms with Crippen LogP contribution in [0.15, 0.2) is 65.3 Å². The molecule has 110 valence electrons. The molecular formula is C17H12BrNOS2. The fourth-order valence-electron chi connectivity index (χ4n) is 2.22. The fourth-order valence-corrected chi connectivity index (χ4v) is 3.73. The molecule has 0 aliphatic carbocycles. The van der Waals surface area contributed by atoms with Crippen LogP contribution in [0.5, 0.6) is 0 Å². The third-order valence-corrected chi connectivity index (χ3v) is 4.92. The highest BCUT2D eigenvalue weighted by atomic mass is 79.9. The van der Waals surface area contributed by atoms with E-state index in [4.69, 9.17) is 12.2 Å². The van der Waals surface area contributed by atoms with Crippen LogP contribution in [0.2, 0.25) is 0 Å². The number of rotatable bonds is 2. The molecule has 0 aliphatic rings. The average Bonchev–Trinajstić information content (AvgIpc) is 2.91. The van der Waals surface area contributed by atoms with E-state index in [-0.39, 0.29) is 5.12 Å². The fraction of sp³-hybridized carbons (Fsp3) is 0.0588. The van der Waals surface area contributed by atoms with Crippen molar-refractivity contribution in [1.29, 1.82) is 0 Å². The summed E-state index contributed by atoms with van der Waals surface area (Å²) in [6.45, 7) is 0. The number of carbonyl (C=O) groups excluding carboxylic acids is 1. The van der Waals surface area contributed by atoms with Crippen molar-refractivity contribution in [3.63, 3.8) is 0 Å². The Hall–Kier alpha value is -1.43. The monoisotopic (exact) mass is 389 g/mol. The first-order valence-corrected chi connectivity index (χ1v) is 8.71. The smallest absolute Gasteiger partial charge is 0.200 e. The minimum absolute atomic E-state index is 0.0511. The van der Waals surface area contributed by atoms with Crippen LogP contribution in [-0.2, 0) is 11.2 Å². The minimum Gasteiger partial charge on any atom is -0.302 e. The molecule has 1 aromatic heterocycles. The number of aromatic nitrogens is 1. The van der Waals surface area contributed by atoms with Crippen LogP contribution in [0.1, 0.15) is 5.56 Å². The Kier molecular flexibility index (Phi) is 4.76. The summed E-state index contributed by atoms with van der Waals surface area (Å²) in [5.74, 6) is 0. The lowest BCUT2D eigenvalue weighted by atomic mass is 10.2. The number of halogens is 1. The van der Waals surface area contributed by atoms with Crippen molar-refractivity contribution in [2.45, 2.75) is 6.42 Å². The van der Waals surface area contributed by atoms with Crippen molar-refractivity contribution in [3.8, 4) is 0 Å². The summed E-state index contributed by atoms with van der Waals surface area (Å²) in [7, 11) is 0. The molecule has 5 heteroatoms. The predicted molar refractivity (Wildman–Crippen MR) is 100 cm³/mol. The van der Waals surface area contributed by atoms with Crippen LogP contribution < -0.4 is 0 Å². The molecule has 0 spiro atoms. The third kappa shape index (κ3) is 3.48. The average molecular weight is 390 g/mol. The van der Waals surface area contributed by atoms with E-state index in [1.807, 2.05) is 65.4 Å². The molecule has 0 unspecified atom stereocenters. The van der Waals surface area contributed by atoms with Crippen LogP contribution in [0.25, 0.3) is 10.9 Å². The zero-order chi connectivity index (χ0) is 15.5. The Morgan fingerprint density at radius 3 is 2.68 bits per heavy atom. The second-order valence-electron chi connectivity index (χ2n) is 4.79. The van der Waals surface area contributed by atoms with Crippen LogP contribution in [0.4, 0.5) is 0 Å². The largest absolute Gasteiger partial charge is 0.302 e. The predicted octanol–water partition coefficient (Wildman–Crippen LogP) is 5.04. The van der Waals surface area contributed by atoms with E-state index in [1.54, 1.807) is 0 Å². The highest BCUT2D eigenvalue weighted by Gasteiger charge is 2.12. The molecule has 2 aromatic carbocycles. The van der Waals surface area contributed by atoms with Crippen molar-refractivity contribution in [1.82, 2.24) is 4.57 Å². The van der Waals surface area contributed by atoms with Gasteiger partial charge in [0.2, 0.25) is 0 Å². The molecule has 1 heterocycles. The Labute approximate surface area is 146 Å². The molecule has 3 aromatic rings. The first-order valence-electron chi connectivity index (χ1n) is 6.69. The van der Waals surface area contributed by atoms with Crippen LogP contribution in [-0.4, -0.2) is 14.0 Å². The Morgan fingerprint density at radius 1 is 1.14 bits per heavy atom. The molecule has 2 nitrogen and oxygen atoms in total. The van der Waals surface area contributed by atoms with Crippen LogP contribution in [0.3, 0.4) is 0 Å².